The van der Waals surface area contributed by atoms with Gasteiger partial charge in [-0.3, -0.25) is 4.79 Å². The van der Waals surface area contributed by atoms with Gasteiger partial charge in [0.25, 0.3) is 0 Å². The van der Waals surface area contributed by atoms with Crippen LogP contribution < -0.4 is 9.47 Å². The van der Waals surface area contributed by atoms with Crippen molar-refractivity contribution >= 4 is 17.6 Å². The highest BCUT2D eigenvalue weighted by Gasteiger charge is 2.23. The van der Waals surface area contributed by atoms with Crippen LogP contribution in [0.1, 0.15) is 144 Å². The van der Waals surface area contributed by atoms with Gasteiger partial charge in [-0.2, -0.15) is 8.78 Å². The van der Waals surface area contributed by atoms with Gasteiger partial charge < -0.3 is 14.3 Å². The van der Waals surface area contributed by atoms with Crippen molar-refractivity contribution in [2.75, 3.05) is 0 Å². The Labute approximate surface area is 348 Å². The third-order valence-electron chi connectivity index (χ3n) is 10.7. The van der Waals surface area contributed by atoms with Crippen molar-refractivity contribution in [2.45, 2.75) is 145 Å². The zero-order chi connectivity index (χ0) is 42.9. The summed E-state index contributed by atoms with van der Waals surface area (Å²) >= 11 is 0. The van der Waals surface area contributed by atoms with Gasteiger partial charge in [0.2, 0.25) is 0 Å². The lowest BCUT2D eigenvalue weighted by Gasteiger charge is -2.22. The average molecular weight is 795 g/mol. The van der Waals surface area contributed by atoms with Gasteiger partial charge in [-0.25, -0.2) is 0 Å². The van der Waals surface area contributed by atoms with E-state index in [0.717, 1.165) is 39.7 Å². The molecular weight excluding hydrogens is 727 g/mol. The molecule has 314 valence electrons. The molecule has 4 aromatic carbocycles. The average Bonchev–Trinajstić information content (AvgIpc) is 3.14. The predicted octanol–water partition coefficient (Wildman–Crippen LogP) is 15.6. The Kier molecular flexibility index (Phi) is 19.1. The highest BCUT2D eigenvalue weighted by molar-refractivity contribution is 5.92. The highest BCUT2D eigenvalue weighted by Crippen LogP contribution is 2.36. The first kappa shape index (κ1) is 47.8. The normalized spacial score (nSPS) is 14.0. The molecule has 0 N–H and O–H groups in total. The number of halogens is 2. The molecule has 6 heteroatoms. The summed E-state index contributed by atoms with van der Waals surface area (Å²) < 4.78 is 37.6. The lowest BCUT2D eigenvalue weighted by molar-refractivity contribution is -0.159. The Bertz CT molecular complexity index is 1870. The van der Waals surface area contributed by atoms with Crippen LogP contribution in [0.15, 0.2) is 91.0 Å². The molecule has 2 fully saturated rings. The first-order chi connectivity index (χ1) is 27.5. The van der Waals surface area contributed by atoms with E-state index in [0.29, 0.717) is 36.8 Å². The molecule has 0 spiro atoms. The van der Waals surface area contributed by atoms with Gasteiger partial charge in [-0.15, -0.1) is 0 Å². The number of carbonyl (C=O) groups is 2. The van der Waals surface area contributed by atoms with Crippen molar-refractivity contribution < 1.29 is 27.8 Å². The van der Waals surface area contributed by atoms with Crippen molar-refractivity contribution in [1.82, 2.24) is 0 Å². The fourth-order valence-electron chi connectivity index (χ4n) is 6.53. The smallest absolute Gasteiger partial charge is 0.394 e. The number of allylic oxidation sites excluding steroid dienone is 1. The second-order valence-electron chi connectivity index (χ2n) is 16.5. The summed E-state index contributed by atoms with van der Waals surface area (Å²) in [5, 5.41) is 0. The minimum Gasteiger partial charge on any atom is -0.456 e. The molecule has 4 aromatic rings. The van der Waals surface area contributed by atoms with E-state index < -0.39 is 6.11 Å². The van der Waals surface area contributed by atoms with Gasteiger partial charge in [0.15, 0.2) is 5.78 Å². The van der Waals surface area contributed by atoms with Crippen LogP contribution in [0.2, 0.25) is 0 Å². The molecule has 4 nitrogen and oxygen atoms in total. The van der Waals surface area contributed by atoms with Gasteiger partial charge in [0.1, 0.15) is 23.0 Å². The summed E-state index contributed by atoms with van der Waals surface area (Å²) in [7, 11) is 0. The summed E-state index contributed by atoms with van der Waals surface area (Å²) in [5.74, 6) is 3.41. The van der Waals surface area contributed by atoms with E-state index in [9.17, 15) is 18.4 Å². The van der Waals surface area contributed by atoms with Gasteiger partial charge in [-0.05, 0) is 119 Å². The molecule has 0 atom stereocenters. The molecule has 2 saturated carbocycles. The molecule has 58 heavy (non-hydrogen) atoms. The number of aryl methyl sites for hydroxylation is 1. The predicted molar refractivity (Wildman–Crippen MR) is 239 cm³/mol. The fourth-order valence-corrected chi connectivity index (χ4v) is 6.53. The number of alkyl halides is 2. The number of hydrogen-bond acceptors (Lipinski definition) is 4. The third-order valence-corrected chi connectivity index (χ3v) is 10.7. The number of carbonyl (C=O) groups excluding carboxylic acids is 2. The first-order valence-corrected chi connectivity index (χ1v) is 21.5. The van der Waals surface area contributed by atoms with E-state index >= 15 is 0 Å². The van der Waals surface area contributed by atoms with Gasteiger partial charge in [-0.1, -0.05) is 148 Å². The van der Waals surface area contributed by atoms with Crippen LogP contribution in [-0.4, -0.2) is 17.7 Å². The molecule has 0 unspecified atom stereocenters. The zero-order valence-electron chi connectivity index (χ0n) is 36.9. The van der Waals surface area contributed by atoms with E-state index in [1.165, 1.54) is 82.1 Å². The first-order valence-electron chi connectivity index (χ1n) is 21.5. The molecule has 0 amide bonds. The maximum atomic E-state index is 13.2. The molecule has 6 rings (SSSR count). The van der Waals surface area contributed by atoms with E-state index in [1.807, 2.05) is 44.2 Å². The summed E-state index contributed by atoms with van der Waals surface area (Å²) in [4.78, 5) is 23.7. The Hall–Kier alpha value is -4.58. The third kappa shape index (κ3) is 16.0. The molecule has 0 aromatic heterocycles. The van der Waals surface area contributed by atoms with Gasteiger partial charge in [0.05, 0.1) is 0 Å². The van der Waals surface area contributed by atoms with E-state index in [1.54, 1.807) is 25.1 Å². The molecule has 0 aliphatic heterocycles. The van der Waals surface area contributed by atoms with Crippen molar-refractivity contribution in [3.05, 3.63) is 108 Å². The maximum Gasteiger partial charge on any atom is 0.394 e. The number of benzene rings is 4. The number of ketones is 2. The van der Waals surface area contributed by atoms with E-state index in [2.05, 4.69) is 69.7 Å². The molecule has 2 aliphatic carbocycles. The second-order valence-corrected chi connectivity index (χ2v) is 16.5. The molecule has 2 aliphatic rings. The highest BCUT2D eigenvalue weighted by atomic mass is 19.3. The fraction of sp³-hybridized carbons (Fsp3) is 0.462. The Morgan fingerprint density at radius 1 is 0.690 bits per heavy atom. The van der Waals surface area contributed by atoms with Crippen LogP contribution in [0.3, 0.4) is 0 Å². The van der Waals surface area contributed by atoms with Crippen LogP contribution in [0.25, 0.3) is 28.3 Å². The van der Waals surface area contributed by atoms with Crippen LogP contribution >= 0.6 is 0 Å². The van der Waals surface area contributed by atoms with Crippen LogP contribution in [0, 0.1) is 11.8 Å². The molecule has 0 heterocycles. The summed E-state index contributed by atoms with van der Waals surface area (Å²) in [6.45, 7) is 18.8. The van der Waals surface area contributed by atoms with Gasteiger partial charge in [0, 0.05) is 18.9 Å². The Morgan fingerprint density at radius 2 is 1.17 bits per heavy atom. The lowest BCUT2D eigenvalue weighted by Crippen LogP contribution is -2.18. The molecule has 0 radical (unpaired) electrons. The maximum absolute atomic E-state index is 13.2. The molecular formula is C52H68F2O4. The number of ether oxygens (including phenoxy) is 2. The molecule has 0 saturated heterocycles. The minimum absolute atomic E-state index is 0.0532. The summed E-state index contributed by atoms with van der Waals surface area (Å²) in [6, 6.07) is 26.4. The number of hydrogen-bond donors (Lipinski definition) is 0. The summed E-state index contributed by atoms with van der Waals surface area (Å²) in [5.41, 5.74) is 6.55. The van der Waals surface area contributed by atoms with Crippen LogP contribution in [0.5, 0.6) is 17.2 Å². The zero-order valence-corrected chi connectivity index (χ0v) is 36.9. The monoisotopic (exact) mass is 795 g/mol. The second kappa shape index (κ2) is 23.1. The Morgan fingerprint density at radius 3 is 1.59 bits per heavy atom. The standard InChI is InChI=1S/C38H38F2O4.2C6H12.C2H6/c1-25(41)7-9-31-23-29(27-11-17-33(18-12-27)37(3,4)5)15-21-35(31)43-36-22-16-30(24-32(36)10-8-26(2)42)28-13-19-34(20-14-28)44-38(6,39)40;2*1-2-6-4-3-5-6;1-2/h8,10-24H,7,9H2,1-6H3;2*6H,2-5H2,1H3;1-2H3/b10-8+;;;. The largest absolute Gasteiger partial charge is 0.456 e. The van der Waals surface area contributed by atoms with Crippen molar-refractivity contribution in [1.29, 1.82) is 0 Å². The summed E-state index contributed by atoms with van der Waals surface area (Å²) in [6.07, 6.45) is 12.6. The minimum atomic E-state index is -3.27. The lowest BCUT2D eigenvalue weighted by atomic mass is 9.84. The quantitative estimate of drug-likeness (QED) is 0.127. The van der Waals surface area contributed by atoms with Crippen LogP contribution in [0.4, 0.5) is 8.78 Å². The van der Waals surface area contributed by atoms with Gasteiger partial charge >= 0.3 is 6.11 Å². The SMILES string of the molecule is CC.CC(=O)/C=C/c1cc(-c2ccc(OC(C)(F)F)cc2)ccc1Oc1ccc(-c2ccc(C(C)(C)C)cc2)cc1CCC(C)=O.CCC1CCC1.CCC1CCC1. The van der Waals surface area contributed by atoms with E-state index in [4.69, 9.17) is 4.74 Å². The van der Waals surface area contributed by atoms with E-state index in [-0.39, 0.29) is 22.7 Å². The van der Waals surface area contributed by atoms with Crippen molar-refractivity contribution in [2.24, 2.45) is 11.8 Å². The van der Waals surface area contributed by atoms with Crippen molar-refractivity contribution in [3.63, 3.8) is 0 Å². The number of rotatable bonds is 13. The molecule has 0 bridgehead atoms. The van der Waals surface area contributed by atoms with Crippen molar-refractivity contribution in [3.8, 4) is 39.5 Å². The van der Waals surface area contributed by atoms with Crippen LogP contribution in [-0.2, 0) is 21.4 Å². The number of Topliss-reactive ketones (excluding diaryl/α,β-unsaturated/α-hetero) is 1. The Balaban J connectivity index is 0.000000541. The topological polar surface area (TPSA) is 52.6 Å².